The third-order valence-electron chi connectivity index (χ3n) is 1.49. The number of aldehydes is 1. The molecule has 0 saturated carbocycles. The zero-order valence-corrected chi connectivity index (χ0v) is 5.46. The van der Waals surface area contributed by atoms with Crippen molar-refractivity contribution in [3.8, 4) is 0 Å². The Hall–Kier alpha value is -0.790. The fourth-order valence-electron chi connectivity index (χ4n) is 0.787. The molecule has 0 saturated heterocycles. The largest absolute Gasteiger partial charge is 0.488 e. The van der Waals surface area contributed by atoms with E-state index in [4.69, 9.17) is 4.74 Å². The lowest BCUT2D eigenvalue weighted by atomic mass is 10.0. The smallest absolute Gasteiger partial charge is 0.163 e. The molecule has 0 fully saturated rings. The third kappa shape index (κ3) is 1.31. The Bertz CT molecular complexity index is 140. The van der Waals surface area contributed by atoms with Crippen molar-refractivity contribution in [2.24, 2.45) is 0 Å². The molecule has 2 heteroatoms. The molecule has 0 aromatic heterocycles. The Morgan fingerprint density at radius 2 is 2.56 bits per heavy atom. The topological polar surface area (TPSA) is 26.3 Å². The highest BCUT2D eigenvalue weighted by Crippen LogP contribution is 2.19. The summed E-state index contributed by atoms with van der Waals surface area (Å²) >= 11 is 0. The van der Waals surface area contributed by atoms with Gasteiger partial charge in [-0.3, -0.25) is 4.79 Å². The van der Waals surface area contributed by atoms with E-state index in [0.717, 1.165) is 19.1 Å². The third-order valence-corrected chi connectivity index (χ3v) is 1.49. The second-order valence-corrected chi connectivity index (χ2v) is 2.46. The second kappa shape index (κ2) is 2.21. The zero-order valence-electron chi connectivity index (χ0n) is 5.46. The quantitative estimate of drug-likeness (QED) is 0.494. The SMILES string of the molecule is CC1(C=O)CCC=CO1. The van der Waals surface area contributed by atoms with Crippen molar-refractivity contribution in [1.82, 2.24) is 0 Å². The molecule has 50 valence electrons. The van der Waals surface area contributed by atoms with E-state index in [-0.39, 0.29) is 0 Å². The summed E-state index contributed by atoms with van der Waals surface area (Å²) in [6, 6.07) is 0. The Morgan fingerprint density at radius 3 is 2.89 bits per heavy atom. The molecule has 0 N–H and O–H groups in total. The van der Waals surface area contributed by atoms with E-state index in [9.17, 15) is 4.79 Å². The highest BCUT2D eigenvalue weighted by molar-refractivity contribution is 5.62. The average molecular weight is 126 g/mol. The number of rotatable bonds is 1. The van der Waals surface area contributed by atoms with Gasteiger partial charge in [0.2, 0.25) is 0 Å². The normalized spacial score (nSPS) is 33.4. The van der Waals surface area contributed by atoms with Crippen molar-refractivity contribution in [3.05, 3.63) is 12.3 Å². The summed E-state index contributed by atoms with van der Waals surface area (Å²) in [5, 5.41) is 0. The molecule has 0 bridgehead atoms. The maximum Gasteiger partial charge on any atom is 0.163 e. The number of carbonyl (C=O) groups excluding carboxylic acids is 1. The average Bonchev–Trinajstić information content (AvgIpc) is 1.90. The van der Waals surface area contributed by atoms with E-state index >= 15 is 0 Å². The minimum atomic E-state index is -0.547. The van der Waals surface area contributed by atoms with Gasteiger partial charge in [0.15, 0.2) is 11.9 Å². The van der Waals surface area contributed by atoms with E-state index in [0.29, 0.717) is 0 Å². The number of carbonyl (C=O) groups is 1. The Labute approximate surface area is 54.5 Å². The first-order chi connectivity index (χ1) is 4.27. The standard InChI is InChI=1S/C7H10O2/c1-7(6-8)4-2-3-5-9-7/h3,5-6H,2,4H2,1H3. The molecule has 0 amide bonds. The van der Waals surface area contributed by atoms with Crippen LogP contribution in [-0.4, -0.2) is 11.9 Å². The zero-order chi connectivity index (χ0) is 6.74. The van der Waals surface area contributed by atoms with Gasteiger partial charge in [0.25, 0.3) is 0 Å². The lowest BCUT2D eigenvalue weighted by Crippen LogP contribution is -2.29. The Balaban J connectivity index is 2.60. The monoisotopic (exact) mass is 126 g/mol. The van der Waals surface area contributed by atoms with E-state index in [1.165, 1.54) is 0 Å². The number of hydrogen-bond donors (Lipinski definition) is 0. The lowest BCUT2D eigenvalue weighted by Gasteiger charge is -2.24. The van der Waals surface area contributed by atoms with Crippen LogP contribution in [0.4, 0.5) is 0 Å². The summed E-state index contributed by atoms with van der Waals surface area (Å²) in [5.41, 5.74) is -0.547. The molecule has 9 heavy (non-hydrogen) atoms. The molecular weight excluding hydrogens is 116 g/mol. The molecular formula is C7H10O2. The maximum absolute atomic E-state index is 10.3. The molecule has 0 aliphatic carbocycles. The predicted molar refractivity (Wildman–Crippen MR) is 33.9 cm³/mol. The highest BCUT2D eigenvalue weighted by Gasteiger charge is 2.24. The van der Waals surface area contributed by atoms with E-state index < -0.39 is 5.60 Å². The lowest BCUT2D eigenvalue weighted by molar-refractivity contribution is -0.124. The minimum Gasteiger partial charge on any atom is -0.488 e. The summed E-state index contributed by atoms with van der Waals surface area (Å²) in [6.07, 6.45) is 6.11. The molecule has 0 aromatic rings. The van der Waals surface area contributed by atoms with Gasteiger partial charge in [-0.1, -0.05) is 0 Å². The van der Waals surface area contributed by atoms with Gasteiger partial charge in [-0.05, 0) is 25.8 Å². The van der Waals surface area contributed by atoms with E-state index in [2.05, 4.69) is 0 Å². The fourth-order valence-corrected chi connectivity index (χ4v) is 0.787. The van der Waals surface area contributed by atoms with Crippen LogP contribution in [0.5, 0.6) is 0 Å². The number of allylic oxidation sites excluding steroid dienone is 1. The molecule has 1 aliphatic rings. The molecule has 1 heterocycles. The van der Waals surface area contributed by atoms with Crippen LogP contribution in [0, 0.1) is 0 Å². The van der Waals surface area contributed by atoms with Gasteiger partial charge in [-0.25, -0.2) is 0 Å². The molecule has 0 spiro atoms. The molecule has 1 rings (SSSR count). The van der Waals surface area contributed by atoms with Crippen LogP contribution >= 0.6 is 0 Å². The highest BCUT2D eigenvalue weighted by atomic mass is 16.5. The molecule has 1 atom stereocenters. The van der Waals surface area contributed by atoms with E-state index in [1.807, 2.05) is 6.08 Å². The first-order valence-electron chi connectivity index (χ1n) is 3.06. The van der Waals surface area contributed by atoms with Gasteiger partial charge in [-0.15, -0.1) is 0 Å². The number of ether oxygens (including phenoxy) is 1. The van der Waals surface area contributed by atoms with Crippen LogP contribution in [0.1, 0.15) is 19.8 Å². The van der Waals surface area contributed by atoms with Crippen LogP contribution < -0.4 is 0 Å². The van der Waals surface area contributed by atoms with Crippen LogP contribution in [0.2, 0.25) is 0 Å². The van der Waals surface area contributed by atoms with Crippen LogP contribution in [0.15, 0.2) is 12.3 Å². The fraction of sp³-hybridized carbons (Fsp3) is 0.571. The van der Waals surface area contributed by atoms with E-state index in [1.54, 1.807) is 13.2 Å². The van der Waals surface area contributed by atoms with Crippen molar-refractivity contribution >= 4 is 6.29 Å². The minimum absolute atomic E-state index is 0.547. The van der Waals surface area contributed by atoms with Gasteiger partial charge in [0.1, 0.15) is 0 Å². The number of hydrogen-bond acceptors (Lipinski definition) is 2. The van der Waals surface area contributed by atoms with Gasteiger partial charge in [-0.2, -0.15) is 0 Å². The summed E-state index contributed by atoms with van der Waals surface area (Å²) in [7, 11) is 0. The summed E-state index contributed by atoms with van der Waals surface area (Å²) in [4.78, 5) is 10.3. The Morgan fingerprint density at radius 1 is 1.78 bits per heavy atom. The van der Waals surface area contributed by atoms with Crippen LogP contribution in [0.3, 0.4) is 0 Å². The van der Waals surface area contributed by atoms with Crippen LogP contribution in [-0.2, 0) is 9.53 Å². The van der Waals surface area contributed by atoms with Crippen molar-refractivity contribution in [3.63, 3.8) is 0 Å². The summed E-state index contributed by atoms with van der Waals surface area (Å²) < 4.78 is 5.07. The van der Waals surface area contributed by atoms with Crippen molar-refractivity contribution < 1.29 is 9.53 Å². The summed E-state index contributed by atoms with van der Waals surface area (Å²) in [6.45, 7) is 1.80. The molecule has 1 unspecified atom stereocenters. The van der Waals surface area contributed by atoms with Crippen molar-refractivity contribution in [2.75, 3.05) is 0 Å². The van der Waals surface area contributed by atoms with Gasteiger partial charge >= 0.3 is 0 Å². The summed E-state index contributed by atoms with van der Waals surface area (Å²) in [5.74, 6) is 0. The van der Waals surface area contributed by atoms with Gasteiger partial charge in [0.05, 0.1) is 6.26 Å². The first-order valence-corrected chi connectivity index (χ1v) is 3.06. The maximum atomic E-state index is 10.3. The molecule has 1 aliphatic heterocycles. The first kappa shape index (κ1) is 6.33. The second-order valence-electron chi connectivity index (χ2n) is 2.46. The van der Waals surface area contributed by atoms with Crippen molar-refractivity contribution in [1.29, 1.82) is 0 Å². The molecule has 0 aromatic carbocycles. The molecule has 0 radical (unpaired) electrons. The van der Waals surface area contributed by atoms with Crippen LogP contribution in [0.25, 0.3) is 0 Å². The predicted octanol–water partition coefficient (Wildman–Crippen LogP) is 1.27. The van der Waals surface area contributed by atoms with Gasteiger partial charge in [0, 0.05) is 0 Å². The molecule has 2 nitrogen and oxygen atoms in total. The van der Waals surface area contributed by atoms with Gasteiger partial charge < -0.3 is 4.74 Å². The van der Waals surface area contributed by atoms with Crippen molar-refractivity contribution in [2.45, 2.75) is 25.4 Å². The Kier molecular flexibility index (Phi) is 1.56.